The van der Waals surface area contributed by atoms with Crippen LogP contribution in [0.3, 0.4) is 0 Å². The second-order valence-corrected chi connectivity index (χ2v) is 7.29. The summed E-state index contributed by atoms with van der Waals surface area (Å²) in [4.78, 5) is 16.3. The molecule has 4 nitrogen and oxygen atoms in total. The number of H-pyrrole nitrogens is 1. The Hall–Kier alpha value is -2.46. The van der Waals surface area contributed by atoms with Gasteiger partial charge in [-0.05, 0) is 67.6 Å². The van der Waals surface area contributed by atoms with Gasteiger partial charge in [-0.2, -0.15) is 0 Å². The molecule has 0 spiro atoms. The number of aromatic amines is 1. The Morgan fingerprint density at radius 1 is 1.27 bits per heavy atom. The SMILES string of the molecule is COc1ccc2[nH]c3c(c2c1)CC(C(=O)Nc1ccc(C)c(Cl)c1)CC3. The number of rotatable bonds is 3. The zero-order valence-electron chi connectivity index (χ0n) is 14.9. The Balaban J connectivity index is 1.57. The van der Waals surface area contributed by atoms with Crippen LogP contribution in [0.1, 0.15) is 23.2 Å². The van der Waals surface area contributed by atoms with Crippen molar-refractivity contribution in [3.63, 3.8) is 0 Å². The summed E-state index contributed by atoms with van der Waals surface area (Å²) in [6.07, 6.45) is 2.44. The molecular weight excluding hydrogens is 348 g/mol. The molecule has 1 unspecified atom stereocenters. The van der Waals surface area contributed by atoms with Gasteiger partial charge in [-0.1, -0.05) is 17.7 Å². The molecule has 1 aliphatic carbocycles. The van der Waals surface area contributed by atoms with E-state index < -0.39 is 0 Å². The highest BCUT2D eigenvalue weighted by atomic mass is 35.5. The fourth-order valence-electron chi connectivity index (χ4n) is 3.66. The van der Waals surface area contributed by atoms with Crippen LogP contribution in [-0.2, 0) is 17.6 Å². The van der Waals surface area contributed by atoms with E-state index in [2.05, 4.69) is 10.3 Å². The van der Waals surface area contributed by atoms with Crippen molar-refractivity contribution >= 4 is 34.1 Å². The molecule has 0 aliphatic heterocycles. The van der Waals surface area contributed by atoms with E-state index in [1.54, 1.807) is 13.2 Å². The van der Waals surface area contributed by atoms with Gasteiger partial charge in [0.1, 0.15) is 5.75 Å². The number of hydrogen-bond donors (Lipinski definition) is 2. The van der Waals surface area contributed by atoms with Crippen LogP contribution in [0.25, 0.3) is 10.9 Å². The molecule has 5 heteroatoms. The highest BCUT2D eigenvalue weighted by molar-refractivity contribution is 6.31. The van der Waals surface area contributed by atoms with Gasteiger partial charge in [0.05, 0.1) is 7.11 Å². The summed E-state index contributed by atoms with van der Waals surface area (Å²) < 4.78 is 5.35. The number of carbonyl (C=O) groups excluding carboxylic acids is 1. The second kappa shape index (κ2) is 6.69. The van der Waals surface area contributed by atoms with Crippen LogP contribution in [-0.4, -0.2) is 18.0 Å². The van der Waals surface area contributed by atoms with Gasteiger partial charge in [-0.3, -0.25) is 4.79 Å². The molecule has 1 aromatic heterocycles. The van der Waals surface area contributed by atoms with Crippen molar-refractivity contribution in [1.29, 1.82) is 0 Å². The number of aryl methyl sites for hydroxylation is 2. The number of aromatic nitrogens is 1. The quantitative estimate of drug-likeness (QED) is 0.692. The van der Waals surface area contributed by atoms with Crippen molar-refractivity contribution in [1.82, 2.24) is 4.98 Å². The van der Waals surface area contributed by atoms with Crippen molar-refractivity contribution in [2.24, 2.45) is 5.92 Å². The van der Waals surface area contributed by atoms with Crippen molar-refractivity contribution in [3.05, 3.63) is 58.2 Å². The molecule has 2 aromatic carbocycles. The van der Waals surface area contributed by atoms with E-state index >= 15 is 0 Å². The van der Waals surface area contributed by atoms with Crippen LogP contribution >= 0.6 is 11.6 Å². The lowest BCUT2D eigenvalue weighted by atomic mass is 9.85. The third-order valence-electron chi connectivity index (χ3n) is 5.21. The highest BCUT2D eigenvalue weighted by Crippen LogP contribution is 2.34. The van der Waals surface area contributed by atoms with Crippen LogP contribution in [0.15, 0.2) is 36.4 Å². The standard InChI is InChI=1S/C21H21ClN2O2/c1-12-3-5-14(10-18(12)22)23-21(25)13-4-7-19-16(9-13)17-11-15(26-2)6-8-20(17)24-19/h3,5-6,8,10-11,13,24H,4,7,9H2,1-2H3,(H,23,25). The number of carbonyl (C=O) groups is 1. The summed E-state index contributed by atoms with van der Waals surface area (Å²) in [6, 6.07) is 11.7. The van der Waals surface area contributed by atoms with E-state index in [-0.39, 0.29) is 11.8 Å². The van der Waals surface area contributed by atoms with E-state index in [9.17, 15) is 4.79 Å². The smallest absolute Gasteiger partial charge is 0.227 e. The Labute approximate surface area is 157 Å². The molecule has 2 N–H and O–H groups in total. The number of nitrogens with one attached hydrogen (secondary N) is 2. The molecule has 0 saturated heterocycles. The highest BCUT2D eigenvalue weighted by Gasteiger charge is 2.27. The normalized spacial score (nSPS) is 16.3. The van der Waals surface area contributed by atoms with Gasteiger partial charge in [0.2, 0.25) is 5.91 Å². The lowest BCUT2D eigenvalue weighted by molar-refractivity contribution is -0.120. The maximum atomic E-state index is 12.8. The summed E-state index contributed by atoms with van der Waals surface area (Å²) in [5.41, 5.74) is 5.31. The Bertz CT molecular complexity index is 993. The molecule has 4 rings (SSSR count). The zero-order chi connectivity index (χ0) is 18.3. The molecule has 3 aromatic rings. The molecule has 0 fully saturated rings. The first-order valence-electron chi connectivity index (χ1n) is 8.79. The molecule has 26 heavy (non-hydrogen) atoms. The zero-order valence-corrected chi connectivity index (χ0v) is 15.6. The molecule has 0 radical (unpaired) electrons. The average molecular weight is 369 g/mol. The van der Waals surface area contributed by atoms with Crippen molar-refractivity contribution in [2.45, 2.75) is 26.2 Å². The van der Waals surface area contributed by atoms with Gasteiger partial charge in [-0.15, -0.1) is 0 Å². The van der Waals surface area contributed by atoms with Crippen molar-refractivity contribution < 1.29 is 9.53 Å². The van der Waals surface area contributed by atoms with Gasteiger partial charge in [-0.25, -0.2) is 0 Å². The number of ether oxygens (including phenoxy) is 1. The average Bonchev–Trinajstić information content (AvgIpc) is 3.01. The van der Waals surface area contributed by atoms with Gasteiger partial charge in [0.15, 0.2) is 0 Å². The summed E-state index contributed by atoms with van der Waals surface area (Å²) in [6.45, 7) is 1.95. The number of halogens is 1. The summed E-state index contributed by atoms with van der Waals surface area (Å²) in [5.74, 6) is 0.834. The van der Waals surface area contributed by atoms with Gasteiger partial charge < -0.3 is 15.0 Å². The number of benzene rings is 2. The molecular formula is C21H21ClN2O2. The lowest BCUT2D eigenvalue weighted by Gasteiger charge is -2.22. The summed E-state index contributed by atoms with van der Waals surface area (Å²) >= 11 is 6.16. The first-order chi connectivity index (χ1) is 12.5. The Morgan fingerprint density at radius 2 is 2.12 bits per heavy atom. The fourth-order valence-corrected chi connectivity index (χ4v) is 3.84. The Kier molecular flexibility index (Phi) is 4.37. The fraction of sp³-hybridized carbons (Fsp3) is 0.286. The second-order valence-electron chi connectivity index (χ2n) is 6.89. The third kappa shape index (κ3) is 3.06. The summed E-state index contributed by atoms with van der Waals surface area (Å²) in [7, 11) is 1.67. The minimum absolute atomic E-state index is 0.0484. The molecule has 134 valence electrons. The molecule has 0 bridgehead atoms. The lowest BCUT2D eigenvalue weighted by Crippen LogP contribution is -2.28. The van der Waals surface area contributed by atoms with Gasteiger partial charge in [0.25, 0.3) is 0 Å². The van der Waals surface area contributed by atoms with Crippen LogP contribution in [0.5, 0.6) is 5.75 Å². The first-order valence-corrected chi connectivity index (χ1v) is 9.17. The maximum Gasteiger partial charge on any atom is 0.227 e. The summed E-state index contributed by atoms with van der Waals surface area (Å²) in [5, 5.41) is 4.83. The third-order valence-corrected chi connectivity index (χ3v) is 5.61. The number of fused-ring (bicyclic) bond motifs is 3. The minimum atomic E-state index is -0.0484. The van der Waals surface area contributed by atoms with E-state index in [1.165, 1.54) is 11.3 Å². The largest absolute Gasteiger partial charge is 0.497 e. The van der Waals surface area contributed by atoms with E-state index in [0.717, 1.165) is 47.2 Å². The molecule has 1 heterocycles. The molecule has 1 atom stereocenters. The maximum absolute atomic E-state index is 12.8. The monoisotopic (exact) mass is 368 g/mol. The van der Waals surface area contributed by atoms with Crippen LogP contribution in [0.2, 0.25) is 5.02 Å². The topological polar surface area (TPSA) is 54.1 Å². The predicted molar refractivity (Wildman–Crippen MR) is 105 cm³/mol. The van der Waals surface area contributed by atoms with Crippen LogP contribution < -0.4 is 10.1 Å². The molecule has 1 amide bonds. The molecule has 0 saturated carbocycles. The minimum Gasteiger partial charge on any atom is -0.497 e. The van der Waals surface area contributed by atoms with E-state index in [1.807, 2.05) is 37.3 Å². The van der Waals surface area contributed by atoms with Crippen molar-refractivity contribution in [3.8, 4) is 5.75 Å². The number of hydrogen-bond acceptors (Lipinski definition) is 2. The first kappa shape index (κ1) is 17.0. The molecule has 1 aliphatic rings. The predicted octanol–water partition coefficient (Wildman–Crippen LogP) is 4.88. The van der Waals surface area contributed by atoms with Crippen LogP contribution in [0, 0.1) is 12.8 Å². The number of methoxy groups -OCH3 is 1. The van der Waals surface area contributed by atoms with Crippen molar-refractivity contribution in [2.75, 3.05) is 12.4 Å². The van der Waals surface area contributed by atoms with E-state index in [0.29, 0.717) is 5.02 Å². The van der Waals surface area contributed by atoms with Crippen LogP contribution in [0.4, 0.5) is 5.69 Å². The Morgan fingerprint density at radius 3 is 2.88 bits per heavy atom. The van der Waals surface area contributed by atoms with Gasteiger partial charge in [0, 0.05) is 33.2 Å². The van der Waals surface area contributed by atoms with Gasteiger partial charge >= 0.3 is 0 Å². The number of anilines is 1. The number of amides is 1. The van der Waals surface area contributed by atoms with E-state index in [4.69, 9.17) is 16.3 Å².